The van der Waals surface area contributed by atoms with Gasteiger partial charge in [-0.3, -0.25) is 10.1 Å². The molecule has 1 aromatic rings. The van der Waals surface area contributed by atoms with Crippen LogP contribution in [0.3, 0.4) is 0 Å². The molecule has 0 bridgehead atoms. The van der Waals surface area contributed by atoms with E-state index in [0.717, 1.165) is 0 Å². The fraction of sp³-hybridized carbons (Fsp3) is 0.222. The second-order valence-electron chi connectivity index (χ2n) is 3.23. The Morgan fingerprint density at radius 1 is 1.33 bits per heavy atom. The first-order valence-corrected chi connectivity index (χ1v) is 4.84. The topological polar surface area (TPSA) is 147 Å². The smallest absolute Gasteiger partial charge is 0.326 e. The lowest BCUT2D eigenvalue weighted by Gasteiger charge is -2.12. The van der Waals surface area contributed by atoms with Crippen molar-refractivity contribution in [2.24, 2.45) is 5.73 Å². The second kappa shape index (κ2) is 6.13. The maximum Gasteiger partial charge on any atom is 0.326 e. The van der Waals surface area contributed by atoms with Crippen molar-refractivity contribution in [3.63, 3.8) is 0 Å². The highest BCUT2D eigenvalue weighted by atomic mass is 16.4. The molecule has 0 aliphatic carbocycles. The molecule has 96 valence electrons. The molecule has 0 saturated carbocycles. The van der Waals surface area contributed by atoms with Gasteiger partial charge in [0.25, 0.3) is 0 Å². The highest BCUT2D eigenvalue weighted by Crippen LogP contribution is 1.96. The number of aliphatic carboxylic acids is 1. The third-order valence-electron chi connectivity index (χ3n) is 1.80. The molecule has 0 fully saturated rings. The fourth-order valence-electron chi connectivity index (χ4n) is 1.06. The Labute approximate surface area is 101 Å². The minimum Gasteiger partial charge on any atom is -0.480 e. The van der Waals surface area contributed by atoms with Crippen molar-refractivity contribution in [1.82, 2.24) is 15.3 Å². The van der Waals surface area contributed by atoms with Gasteiger partial charge in [-0.1, -0.05) is 0 Å². The lowest BCUT2D eigenvalue weighted by atomic mass is 10.2. The van der Waals surface area contributed by atoms with E-state index in [1.54, 1.807) is 6.07 Å². The van der Waals surface area contributed by atoms with Crippen molar-refractivity contribution < 1.29 is 19.5 Å². The lowest BCUT2D eigenvalue weighted by Crippen LogP contribution is -2.45. The van der Waals surface area contributed by atoms with Crippen LogP contribution in [0, 0.1) is 0 Å². The molecule has 9 heteroatoms. The van der Waals surface area contributed by atoms with E-state index in [-0.39, 0.29) is 5.95 Å². The highest BCUT2D eigenvalue weighted by Gasteiger charge is 2.22. The molecule has 0 aliphatic rings. The van der Waals surface area contributed by atoms with Gasteiger partial charge in [0, 0.05) is 12.4 Å². The first-order valence-electron chi connectivity index (χ1n) is 4.84. The van der Waals surface area contributed by atoms with E-state index in [4.69, 9.17) is 10.8 Å². The maximum absolute atomic E-state index is 11.4. The Balaban J connectivity index is 2.56. The molecule has 3 amide bonds. The molecule has 1 heterocycles. The number of carbonyl (C=O) groups excluding carboxylic acids is 2. The van der Waals surface area contributed by atoms with Gasteiger partial charge in [-0.05, 0) is 6.07 Å². The van der Waals surface area contributed by atoms with E-state index >= 15 is 0 Å². The molecule has 1 atom stereocenters. The van der Waals surface area contributed by atoms with Crippen LogP contribution in [-0.4, -0.2) is 39.0 Å². The molecular formula is C9H11N5O4. The van der Waals surface area contributed by atoms with Gasteiger partial charge in [-0.25, -0.2) is 19.6 Å². The number of nitrogens with zero attached hydrogens (tertiary/aromatic N) is 2. The summed E-state index contributed by atoms with van der Waals surface area (Å²) in [5.41, 5.74) is 4.86. The number of nitrogens with two attached hydrogens (primary N) is 1. The van der Waals surface area contributed by atoms with Gasteiger partial charge in [-0.2, -0.15) is 0 Å². The lowest BCUT2D eigenvalue weighted by molar-refractivity contribution is -0.140. The zero-order chi connectivity index (χ0) is 13.5. The molecule has 0 saturated heterocycles. The van der Waals surface area contributed by atoms with Gasteiger partial charge in [0.15, 0.2) is 0 Å². The summed E-state index contributed by atoms with van der Waals surface area (Å²) in [4.78, 5) is 40.2. The number of primary amides is 1. The van der Waals surface area contributed by atoms with E-state index in [1.165, 1.54) is 12.4 Å². The number of anilines is 1. The van der Waals surface area contributed by atoms with E-state index < -0.39 is 30.4 Å². The second-order valence-corrected chi connectivity index (χ2v) is 3.23. The zero-order valence-corrected chi connectivity index (χ0v) is 9.16. The normalized spacial score (nSPS) is 11.3. The van der Waals surface area contributed by atoms with Crippen LogP contribution in [0.5, 0.6) is 0 Å². The number of rotatable bonds is 5. The van der Waals surface area contributed by atoms with Crippen LogP contribution in [0.15, 0.2) is 18.5 Å². The quantitative estimate of drug-likeness (QED) is 0.525. The van der Waals surface area contributed by atoms with E-state index in [2.05, 4.69) is 20.6 Å². The standard InChI is InChI=1S/C9H11N5O4/c10-6(15)4-5(7(16)17)13-9(18)14-8-11-2-1-3-12-8/h1-3,5H,4H2,(H2,10,15)(H,16,17)(H2,11,12,13,14,18)/t5-/m1/s1. The average molecular weight is 253 g/mol. The summed E-state index contributed by atoms with van der Waals surface area (Å²) in [6, 6.07) is -0.683. The summed E-state index contributed by atoms with van der Waals surface area (Å²) in [5.74, 6) is -2.19. The summed E-state index contributed by atoms with van der Waals surface area (Å²) in [7, 11) is 0. The van der Waals surface area contributed by atoms with Crippen molar-refractivity contribution in [1.29, 1.82) is 0 Å². The molecule has 0 radical (unpaired) electrons. The largest absolute Gasteiger partial charge is 0.480 e. The third kappa shape index (κ3) is 4.43. The molecule has 0 aromatic carbocycles. The van der Waals surface area contributed by atoms with Crippen LogP contribution < -0.4 is 16.4 Å². The summed E-state index contributed by atoms with van der Waals surface area (Å²) >= 11 is 0. The third-order valence-corrected chi connectivity index (χ3v) is 1.80. The maximum atomic E-state index is 11.4. The van der Waals surface area contributed by atoms with Crippen molar-refractivity contribution in [3.05, 3.63) is 18.5 Å². The van der Waals surface area contributed by atoms with Crippen molar-refractivity contribution in [2.75, 3.05) is 5.32 Å². The first kappa shape index (κ1) is 13.4. The molecule has 18 heavy (non-hydrogen) atoms. The molecular weight excluding hydrogens is 242 g/mol. The number of carbonyl (C=O) groups is 3. The Hall–Kier alpha value is -2.71. The Morgan fingerprint density at radius 3 is 2.44 bits per heavy atom. The summed E-state index contributed by atoms with van der Waals surface area (Å²) in [6.45, 7) is 0. The van der Waals surface area contributed by atoms with Gasteiger partial charge >= 0.3 is 12.0 Å². The molecule has 1 rings (SSSR count). The van der Waals surface area contributed by atoms with Crippen molar-refractivity contribution in [2.45, 2.75) is 12.5 Å². The van der Waals surface area contributed by atoms with Crippen molar-refractivity contribution in [3.8, 4) is 0 Å². The van der Waals surface area contributed by atoms with E-state index in [9.17, 15) is 14.4 Å². The van der Waals surface area contributed by atoms with Crippen LogP contribution in [0.25, 0.3) is 0 Å². The highest BCUT2D eigenvalue weighted by molar-refractivity contribution is 5.92. The van der Waals surface area contributed by atoms with Crippen LogP contribution in [0.1, 0.15) is 6.42 Å². The average Bonchev–Trinajstić information content (AvgIpc) is 2.28. The van der Waals surface area contributed by atoms with Crippen LogP contribution >= 0.6 is 0 Å². The van der Waals surface area contributed by atoms with E-state index in [0.29, 0.717) is 0 Å². The Kier molecular flexibility index (Phi) is 4.55. The molecule has 9 nitrogen and oxygen atoms in total. The predicted octanol–water partition coefficient (Wildman–Crippen LogP) is -1.07. The molecule has 0 spiro atoms. The number of carboxylic acid groups (broad SMARTS) is 1. The Bertz CT molecular complexity index is 450. The van der Waals surface area contributed by atoms with Gasteiger partial charge < -0.3 is 16.2 Å². The molecule has 0 aliphatic heterocycles. The van der Waals surface area contributed by atoms with Gasteiger partial charge in [0.1, 0.15) is 6.04 Å². The van der Waals surface area contributed by atoms with Gasteiger partial charge in [0.2, 0.25) is 11.9 Å². The SMILES string of the molecule is NC(=O)C[C@@H](NC(=O)Nc1ncccn1)C(=O)O. The van der Waals surface area contributed by atoms with Crippen molar-refractivity contribution >= 4 is 23.9 Å². The van der Waals surface area contributed by atoms with Crippen LogP contribution in [-0.2, 0) is 9.59 Å². The number of amides is 3. The summed E-state index contributed by atoms with van der Waals surface area (Å²) in [5, 5.41) is 13.0. The monoisotopic (exact) mass is 253 g/mol. The minimum atomic E-state index is -1.40. The fourth-order valence-corrected chi connectivity index (χ4v) is 1.06. The predicted molar refractivity (Wildman–Crippen MR) is 59.4 cm³/mol. The van der Waals surface area contributed by atoms with Crippen LogP contribution in [0.4, 0.5) is 10.7 Å². The minimum absolute atomic E-state index is 0.0122. The van der Waals surface area contributed by atoms with Crippen LogP contribution in [0.2, 0.25) is 0 Å². The van der Waals surface area contributed by atoms with E-state index in [1.807, 2.05) is 0 Å². The summed E-state index contributed by atoms with van der Waals surface area (Å²) < 4.78 is 0. The first-order chi connectivity index (χ1) is 8.49. The van der Waals surface area contributed by atoms with Gasteiger partial charge in [0.05, 0.1) is 6.42 Å². The number of hydrogen-bond acceptors (Lipinski definition) is 5. The zero-order valence-electron chi connectivity index (χ0n) is 9.16. The number of nitrogens with one attached hydrogen (secondary N) is 2. The molecule has 1 aromatic heterocycles. The summed E-state index contributed by atoms with van der Waals surface area (Å²) in [6.07, 6.45) is 2.31. The number of aromatic nitrogens is 2. The molecule has 0 unspecified atom stereocenters. The Morgan fingerprint density at radius 2 is 1.94 bits per heavy atom. The number of hydrogen-bond donors (Lipinski definition) is 4. The molecule has 5 N–H and O–H groups in total. The van der Waals surface area contributed by atoms with Gasteiger partial charge in [-0.15, -0.1) is 0 Å². The number of urea groups is 1. The number of carboxylic acids is 1.